The van der Waals surface area contributed by atoms with Gasteiger partial charge in [-0.2, -0.15) is 0 Å². The molecule has 1 saturated heterocycles. The van der Waals surface area contributed by atoms with Crippen molar-refractivity contribution >= 4 is 39.9 Å². The van der Waals surface area contributed by atoms with Crippen molar-refractivity contribution in [1.29, 1.82) is 0 Å². The number of carbonyl (C=O) groups is 1. The largest absolute Gasteiger partial charge is 0.334 e. The van der Waals surface area contributed by atoms with Crippen LogP contribution in [0.5, 0.6) is 0 Å². The van der Waals surface area contributed by atoms with Crippen LogP contribution in [0, 0.1) is 0 Å². The summed E-state index contributed by atoms with van der Waals surface area (Å²) in [6.07, 6.45) is 7.01. The second kappa shape index (κ2) is 9.21. The van der Waals surface area contributed by atoms with E-state index < -0.39 is 16.8 Å². The van der Waals surface area contributed by atoms with Gasteiger partial charge >= 0.3 is 0 Å². The molecule has 1 amide bonds. The predicted molar refractivity (Wildman–Crippen MR) is 130 cm³/mol. The van der Waals surface area contributed by atoms with E-state index in [0.29, 0.717) is 18.2 Å². The first-order chi connectivity index (χ1) is 16.0. The molecule has 3 unspecified atom stereocenters. The third-order valence-electron chi connectivity index (χ3n) is 6.17. The molecule has 170 valence electrons. The van der Waals surface area contributed by atoms with Crippen LogP contribution in [-0.4, -0.2) is 32.9 Å². The maximum Gasteiger partial charge on any atom is 0.246 e. The van der Waals surface area contributed by atoms with E-state index in [2.05, 4.69) is 31.6 Å². The van der Waals surface area contributed by atoms with Crippen molar-refractivity contribution in [3.63, 3.8) is 0 Å². The van der Waals surface area contributed by atoms with Gasteiger partial charge in [0.1, 0.15) is 6.04 Å². The molecule has 3 atom stereocenters. The van der Waals surface area contributed by atoms with Crippen LogP contribution in [0.15, 0.2) is 59.8 Å². The molecule has 1 fully saturated rings. The molecule has 7 nitrogen and oxygen atoms in total. The van der Waals surface area contributed by atoms with Crippen LogP contribution < -0.4 is 15.5 Å². The maximum absolute atomic E-state index is 12.9. The number of benzene rings is 2. The summed E-state index contributed by atoms with van der Waals surface area (Å²) in [6.45, 7) is 1.43. The third-order valence-corrected chi connectivity index (χ3v) is 7.32. The zero-order valence-electron chi connectivity index (χ0n) is 18.1. The molecule has 3 aromatic rings. The summed E-state index contributed by atoms with van der Waals surface area (Å²) in [6, 6.07) is 13.2. The summed E-state index contributed by atoms with van der Waals surface area (Å²) in [4.78, 5) is 24.9. The van der Waals surface area contributed by atoms with Gasteiger partial charge in [0, 0.05) is 40.1 Å². The first-order valence-electron chi connectivity index (χ1n) is 10.8. The fourth-order valence-electron chi connectivity index (χ4n) is 4.57. The number of rotatable bonds is 5. The van der Waals surface area contributed by atoms with Crippen molar-refractivity contribution in [2.75, 3.05) is 23.0 Å². The minimum absolute atomic E-state index is 0.173. The number of hydrogen-bond donors (Lipinski definition) is 2. The lowest BCUT2D eigenvalue weighted by atomic mass is 10.0. The molecule has 2 aliphatic rings. The fourth-order valence-corrected chi connectivity index (χ4v) is 5.33. The van der Waals surface area contributed by atoms with E-state index in [0.717, 1.165) is 46.0 Å². The number of carbonyl (C=O) groups excluding carboxylic acids is 1. The van der Waals surface area contributed by atoms with Gasteiger partial charge in [-0.3, -0.25) is 14.3 Å². The number of aromatic nitrogens is 2. The molecule has 2 aromatic carbocycles. The Morgan fingerprint density at radius 3 is 2.79 bits per heavy atom. The van der Waals surface area contributed by atoms with Gasteiger partial charge in [-0.25, -0.2) is 9.97 Å². The average Bonchev–Trinajstić information content (AvgIpc) is 3.46. The highest BCUT2D eigenvalue weighted by atomic mass is 35.5. The van der Waals surface area contributed by atoms with E-state index in [1.54, 1.807) is 18.6 Å². The van der Waals surface area contributed by atoms with E-state index in [4.69, 9.17) is 11.6 Å². The van der Waals surface area contributed by atoms with Gasteiger partial charge in [0.05, 0.1) is 24.1 Å². The number of fused-ring (bicyclic) bond motifs is 1. The molecule has 0 radical (unpaired) electrons. The standard InChI is InChI=1S/C24H24ClN5O2S/c1-33(32)19-7-8-20-16(11-19)12-26-22(20)23(31)29-18-13-27-24(28-14-18)30-9-3-6-21(30)15-4-2-5-17(25)10-15/h2,4-5,7-8,10-11,13-14,21-22,26H,3,6,9,12H2,1H3,(H,29,31). The highest BCUT2D eigenvalue weighted by Gasteiger charge is 2.30. The van der Waals surface area contributed by atoms with Gasteiger partial charge in [0.25, 0.3) is 0 Å². The molecule has 1 aromatic heterocycles. The van der Waals surface area contributed by atoms with E-state index in [1.807, 2.05) is 36.4 Å². The zero-order chi connectivity index (χ0) is 22.9. The first kappa shape index (κ1) is 22.0. The summed E-state index contributed by atoms with van der Waals surface area (Å²) >= 11 is 6.18. The van der Waals surface area contributed by atoms with Crippen molar-refractivity contribution < 1.29 is 9.00 Å². The SMILES string of the molecule is CS(=O)c1ccc2c(c1)CNC2C(=O)Nc1cnc(N2CCCC2c2cccc(Cl)c2)nc1. The van der Waals surface area contributed by atoms with Gasteiger partial charge in [0.15, 0.2) is 0 Å². The molecule has 3 heterocycles. The molecule has 5 rings (SSSR count). The predicted octanol–water partition coefficient (Wildman–Crippen LogP) is 3.99. The van der Waals surface area contributed by atoms with Crippen molar-refractivity contribution in [1.82, 2.24) is 15.3 Å². The lowest BCUT2D eigenvalue weighted by Gasteiger charge is -2.25. The van der Waals surface area contributed by atoms with Crippen LogP contribution in [0.3, 0.4) is 0 Å². The smallest absolute Gasteiger partial charge is 0.246 e. The fraction of sp³-hybridized carbons (Fsp3) is 0.292. The summed E-state index contributed by atoms with van der Waals surface area (Å²) in [7, 11) is -1.05. The lowest BCUT2D eigenvalue weighted by molar-refractivity contribution is -0.118. The second-order valence-electron chi connectivity index (χ2n) is 8.30. The molecule has 0 saturated carbocycles. The summed E-state index contributed by atoms with van der Waals surface area (Å²) < 4.78 is 11.7. The Kier molecular flexibility index (Phi) is 6.14. The molecular weight excluding hydrogens is 458 g/mol. The summed E-state index contributed by atoms with van der Waals surface area (Å²) in [5.74, 6) is 0.466. The molecule has 9 heteroatoms. The van der Waals surface area contributed by atoms with Gasteiger partial charge in [0.2, 0.25) is 11.9 Å². The number of nitrogens with one attached hydrogen (secondary N) is 2. The molecule has 0 bridgehead atoms. The summed E-state index contributed by atoms with van der Waals surface area (Å²) in [5, 5.41) is 6.85. The van der Waals surface area contributed by atoms with Gasteiger partial charge in [-0.05, 0) is 53.8 Å². The molecule has 2 N–H and O–H groups in total. The molecule has 33 heavy (non-hydrogen) atoms. The normalized spacial score (nSPS) is 20.5. The Bertz CT molecular complexity index is 1220. The summed E-state index contributed by atoms with van der Waals surface area (Å²) in [5.41, 5.74) is 3.60. The van der Waals surface area contributed by atoms with Crippen molar-refractivity contribution in [3.8, 4) is 0 Å². The monoisotopic (exact) mass is 481 g/mol. The zero-order valence-corrected chi connectivity index (χ0v) is 19.7. The van der Waals surface area contributed by atoms with Crippen LogP contribution in [0.4, 0.5) is 11.6 Å². The molecule has 2 aliphatic heterocycles. The molecule has 0 spiro atoms. The number of halogens is 1. The number of hydrogen-bond acceptors (Lipinski definition) is 6. The van der Waals surface area contributed by atoms with E-state index in [-0.39, 0.29) is 11.9 Å². The van der Waals surface area contributed by atoms with E-state index >= 15 is 0 Å². The quantitative estimate of drug-likeness (QED) is 0.573. The third kappa shape index (κ3) is 4.51. The van der Waals surface area contributed by atoms with Crippen LogP contribution in [-0.2, 0) is 22.1 Å². The number of nitrogens with zero attached hydrogens (tertiary/aromatic N) is 3. The van der Waals surface area contributed by atoms with E-state index in [1.165, 1.54) is 0 Å². The highest BCUT2D eigenvalue weighted by molar-refractivity contribution is 7.84. The molecule has 0 aliphatic carbocycles. The second-order valence-corrected chi connectivity index (χ2v) is 10.1. The number of amides is 1. The van der Waals surface area contributed by atoms with Crippen LogP contribution >= 0.6 is 11.6 Å². The van der Waals surface area contributed by atoms with Crippen LogP contribution in [0.25, 0.3) is 0 Å². The topological polar surface area (TPSA) is 87.2 Å². The lowest BCUT2D eigenvalue weighted by Crippen LogP contribution is -2.28. The van der Waals surface area contributed by atoms with Crippen molar-refractivity contribution in [2.45, 2.75) is 36.4 Å². The Labute approximate surface area is 200 Å². The maximum atomic E-state index is 12.9. The van der Waals surface area contributed by atoms with Gasteiger partial charge in [-0.1, -0.05) is 29.8 Å². The van der Waals surface area contributed by atoms with Gasteiger partial charge < -0.3 is 10.2 Å². The first-order valence-corrected chi connectivity index (χ1v) is 12.8. The van der Waals surface area contributed by atoms with E-state index in [9.17, 15) is 9.00 Å². The number of anilines is 2. The highest BCUT2D eigenvalue weighted by Crippen LogP contribution is 2.35. The Morgan fingerprint density at radius 2 is 2.03 bits per heavy atom. The van der Waals surface area contributed by atoms with Crippen LogP contribution in [0.2, 0.25) is 5.02 Å². The Hall–Kier alpha value is -2.81. The Balaban J connectivity index is 1.28. The van der Waals surface area contributed by atoms with Gasteiger partial charge in [-0.15, -0.1) is 0 Å². The minimum Gasteiger partial charge on any atom is -0.334 e. The Morgan fingerprint density at radius 1 is 1.21 bits per heavy atom. The van der Waals surface area contributed by atoms with Crippen molar-refractivity contribution in [2.24, 2.45) is 0 Å². The van der Waals surface area contributed by atoms with Crippen LogP contribution in [0.1, 0.15) is 41.6 Å². The average molecular weight is 482 g/mol. The minimum atomic E-state index is -1.05. The van der Waals surface area contributed by atoms with Crippen molar-refractivity contribution in [3.05, 3.63) is 76.6 Å². The molecular formula is C24H24ClN5O2S.